The highest BCUT2D eigenvalue weighted by Gasteiger charge is 2.29. The van der Waals surface area contributed by atoms with Gasteiger partial charge in [0.2, 0.25) is 0 Å². The first kappa shape index (κ1) is 18.2. The summed E-state index contributed by atoms with van der Waals surface area (Å²) in [5, 5.41) is 34.4. The summed E-state index contributed by atoms with van der Waals surface area (Å²) in [5.41, 5.74) is 1.49. The van der Waals surface area contributed by atoms with Crippen LogP contribution in [0.15, 0.2) is 18.2 Å². The van der Waals surface area contributed by atoms with Crippen LogP contribution in [0, 0.1) is 10.6 Å². The second kappa shape index (κ2) is 7.59. The minimum atomic E-state index is -0.646. The maximum absolute atomic E-state index is 11.9. The summed E-state index contributed by atoms with van der Waals surface area (Å²) in [4.78, 5) is 0. The molecule has 6 nitrogen and oxygen atoms in total. The van der Waals surface area contributed by atoms with Gasteiger partial charge in [-0.05, 0) is 12.1 Å². The van der Waals surface area contributed by atoms with E-state index in [0.717, 1.165) is 11.3 Å². The molecule has 0 radical (unpaired) electrons. The average Bonchev–Trinajstić information content (AvgIpc) is 2.80. The van der Waals surface area contributed by atoms with Crippen molar-refractivity contribution in [2.45, 2.75) is 32.8 Å². The molecule has 130 valence electrons. The molecule has 0 spiro atoms. The van der Waals surface area contributed by atoms with Crippen LogP contribution in [0.3, 0.4) is 0 Å². The molecule has 0 bridgehead atoms. The van der Waals surface area contributed by atoms with Crippen LogP contribution >= 0.6 is 0 Å². The molecule has 0 amide bonds. The summed E-state index contributed by atoms with van der Waals surface area (Å²) in [7, 11) is 0. The van der Waals surface area contributed by atoms with E-state index in [0.29, 0.717) is 25.4 Å². The molecule has 2 rings (SSSR count). The van der Waals surface area contributed by atoms with E-state index in [1.54, 1.807) is 0 Å². The third-order valence-corrected chi connectivity index (χ3v) is 4.19. The van der Waals surface area contributed by atoms with Crippen LogP contribution in [0.4, 0.5) is 5.69 Å². The van der Waals surface area contributed by atoms with E-state index in [1.807, 2.05) is 39.0 Å². The fraction of sp³-hybridized carbons (Fsp3) is 0.647. The lowest BCUT2D eigenvalue weighted by atomic mass is 9.95. The predicted octanol–water partition coefficient (Wildman–Crippen LogP) is 0.166. The average molecular weight is 324 g/mol. The van der Waals surface area contributed by atoms with Gasteiger partial charge in [-0.15, -0.1) is 0 Å². The lowest BCUT2D eigenvalue weighted by molar-refractivity contribution is -0.770. The molecular weight excluding hydrogens is 296 g/mol. The third kappa shape index (κ3) is 4.65. The van der Waals surface area contributed by atoms with Gasteiger partial charge in [0.25, 0.3) is 0 Å². The summed E-state index contributed by atoms with van der Waals surface area (Å²) in [6, 6.07) is 5.50. The number of hydrogen-bond acceptors (Lipinski definition) is 5. The van der Waals surface area contributed by atoms with E-state index in [-0.39, 0.29) is 29.6 Å². The summed E-state index contributed by atoms with van der Waals surface area (Å²) >= 11 is 0. The van der Waals surface area contributed by atoms with Crippen molar-refractivity contribution in [3.63, 3.8) is 0 Å². The first-order valence-electron chi connectivity index (χ1n) is 8.12. The standard InChI is InChI=1S/C17H28N2O4/c1-12-8-19(22)14-5-4-6-15(16(12)14)23-9-13(21)7-18-10-17(2,3)11-20/h4-6,12-13,18-21H,7-11H2,1-3H3. The quantitative estimate of drug-likeness (QED) is 0.512. The van der Waals surface area contributed by atoms with E-state index < -0.39 is 6.10 Å². The van der Waals surface area contributed by atoms with Crippen molar-refractivity contribution >= 4 is 5.69 Å². The van der Waals surface area contributed by atoms with Crippen LogP contribution in [0.1, 0.15) is 32.3 Å². The molecule has 4 N–H and O–H groups in total. The smallest absolute Gasteiger partial charge is 0.138 e. The zero-order valence-electron chi connectivity index (χ0n) is 14.1. The van der Waals surface area contributed by atoms with Crippen LogP contribution in [0.2, 0.25) is 0 Å². The Morgan fingerprint density at radius 3 is 2.91 bits per heavy atom. The topological polar surface area (TPSA) is 89.2 Å². The Balaban J connectivity index is 1.85. The van der Waals surface area contributed by atoms with Crippen molar-refractivity contribution in [1.29, 1.82) is 0 Å². The molecule has 3 atom stereocenters. The normalized spacial score (nSPS) is 22.0. The Morgan fingerprint density at radius 1 is 1.48 bits per heavy atom. The Morgan fingerprint density at radius 2 is 2.22 bits per heavy atom. The highest BCUT2D eigenvalue weighted by molar-refractivity contribution is 5.53. The molecule has 1 aromatic carbocycles. The zero-order valence-corrected chi connectivity index (χ0v) is 14.1. The minimum absolute atomic E-state index is 0.0919. The fourth-order valence-electron chi connectivity index (χ4n) is 2.79. The van der Waals surface area contributed by atoms with Gasteiger partial charge in [0.05, 0.1) is 12.1 Å². The van der Waals surface area contributed by atoms with Gasteiger partial charge >= 0.3 is 0 Å². The molecule has 0 saturated heterocycles. The molecule has 1 aliphatic heterocycles. The highest BCUT2D eigenvalue weighted by Crippen LogP contribution is 2.34. The van der Waals surface area contributed by atoms with Gasteiger partial charge in [-0.1, -0.05) is 26.8 Å². The second-order valence-electron chi connectivity index (χ2n) is 7.16. The molecule has 0 aromatic heterocycles. The van der Waals surface area contributed by atoms with Crippen LogP contribution in [-0.4, -0.2) is 49.2 Å². The number of nitrogens with one attached hydrogen (secondary N) is 2. The first-order valence-corrected chi connectivity index (χ1v) is 8.12. The predicted molar refractivity (Wildman–Crippen MR) is 89.0 cm³/mol. The van der Waals surface area contributed by atoms with Crippen molar-refractivity contribution in [2.75, 3.05) is 32.8 Å². The number of rotatable bonds is 8. The van der Waals surface area contributed by atoms with Gasteiger partial charge in [0.15, 0.2) is 0 Å². The SMILES string of the molecule is CC1C[NH+]([O-])c2cccc(OCC(O)CNCC(C)(C)CO)c21. The number of quaternary nitrogens is 1. The zero-order chi connectivity index (χ0) is 17.0. The van der Waals surface area contributed by atoms with Crippen molar-refractivity contribution in [3.8, 4) is 5.75 Å². The summed E-state index contributed by atoms with van der Waals surface area (Å²) in [6.07, 6.45) is -0.646. The molecular formula is C17H28N2O4. The summed E-state index contributed by atoms with van der Waals surface area (Å²) in [5.74, 6) is 0.852. The number of fused-ring (bicyclic) bond motifs is 1. The lowest BCUT2D eigenvalue weighted by Crippen LogP contribution is -3.00. The van der Waals surface area contributed by atoms with Crippen molar-refractivity contribution in [1.82, 2.24) is 5.32 Å². The molecule has 0 saturated carbocycles. The Hall–Kier alpha value is -1.18. The van der Waals surface area contributed by atoms with Crippen molar-refractivity contribution < 1.29 is 20.0 Å². The van der Waals surface area contributed by atoms with Gasteiger partial charge in [-0.2, -0.15) is 0 Å². The molecule has 23 heavy (non-hydrogen) atoms. The maximum atomic E-state index is 11.9. The summed E-state index contributed by atoms with van der Waals surface area (Å²) in [6.45, 7) is 7.73. The fourth-order valence-corrected chi connectivity index (χ4v) is 2.79. The van der Waals surface area contributed by atoms with Crippen molar-refractivity contribution in [3.05, 3.63) is 29.0 Å². The molecule has 1 heterocycles. The largest absolute Gasteiger partial charge is 0.629 e. The van der Waals surface area contributed by atoms with E-state index in [1.165, 1.54) is 0 Å². The number of aliphatic hydroxyl groups excluding tert-OH is 2. The lowest BCUT2D eigenvalue weighted by Gasteiger charge is -2.23. The van der Waals surface area contributed by atoms with Crippen LogP contribution in [0.5, 0.6) is 5.75 Å². The number of benzene rings is 1. The number of aliphatic hydroxyl groups is 2. The van der Waals surface area contributed by atoms with E-state index in [2.05, 4.69) is 5.32 Å². The number of ether oxygens (including phenoxy) is 1. The van der Waals surface area contributed by atoms with Crippen LogP contribution in [-0.2, 0) is 0 Å². The van der Waals surface area contributed by atoms with Gasteiger partial charge in [-0.25, -0.2) is 0 Å². The molecule has 0 fully saturated rings. The van der Waals surface area contributed by atoms with Crippen LogP contribution < -0.4 is 15.1 Å². The Bertz CT molecular complexity index is 521. The van der Waals surface area contributed by atoms with E-state index >= 15 is 0 Å². The van der Waals surface area contributed by atoms with E-state index in [4.69, 9.17) is 4.74 Å². The second-order valence-corrected chi connectivity index (χ2v) is 7.16. The summed E-state index contributed by atoms with van der Waals surface area (Å²) < 4.78 is 5.75. The number of hydroxylamine groups is 1. The van der Waals surface area contributed by atoms with Gasteiger partial charge in [-0.3, -0.25) is 0 Å². The van der Waals surface area contributed by atoms with Gasteiger partial charge in [0, 0.05) is 31.0 Å². The Kier molecular flexibility index (Phi) is 6.00. The first-order chi connectivity index (χ1) is 10.8. The Labute approximate surface area is 137 Å². The number of hydrogen-bond donors (Lipinski definition) is 4. The van der Waals surface area contributed by atoms with Gasteiger partial charge in [0.1, 0.15) is 24.1 Å². The molecule has 6 heteroatoms. The minimum Gasteiger partial charge on any atom is -0.629 e. The molecule has 3 unspecified atom stereocenters. The molecule has 0 aliphatic carbocycles. The monoisotopic (exact) mass is 324 g/mol. The van der Waals surface area contributed by atoms with Crippen LogP contribution in [0.25, 0.3) is 0 Å². The maximum Gasteiger partial charge on any atom is 0.138 e. The highest BCUT2D eigenvalue weighted by atomic mass is 16.5. The van der Waals surface area contributed by atoms with Crippen molar-refractivity contribution in [2.24, 2.45) is 5.41 Å². The molecule has 1 aliphatic rings. The molecule has 1 aromatic rings. The van der Waals surface area contributed by atoms with Gasteiger partial charge < -0.3 is 30.5 Å². The third-order valence-electron chi connectivity index (χ3n) is 4.19. The van der Waals surface area contributed by atoms with E-state index in [9.17, 15) is 15.4 Å².